The number of anilines is 3. The topological polar surface area (TPSA) is 128 Å². The molecule has 0 amide bonds. The molecule has 3 aromatic heterocycles. The molecule has 172 valence electrons. The molecule has 2 aromatic carbocycles. The largest absolute Gasteiger partial charge is 0.378 e. The van der Waals surface area contributed by atoms with E-state index >= 15 is 0 Å². The predicted molar refractivity (Wildman–Crippen MR) is 132 cm³/mol. The zero-order chi connectivity index (χ0) is 23.2. The smallest absolute Gasteiger partial charge is 0.271 e. The first kappa shape index (κ1) is 20.7. The lowest BCUT2D eigenvalue weighted by molar-refractivity contribution is 0.122. The Bertz CT molecular complexity index is 1580. The first-order valence-electron chi connectivity index (χ1n) is 10.9. The SMILES string of the molecule is Cc1c(Nc2n[nH]c3ccccc23)nc(-c2cc3c(=O)[nH][nH]c3cc2Cl)nc1N1CCOCC1. The predicted octanol–water partition coefficient (Wildman–Crippen LogP) is 3.73. The number of hydrogen-bond donors (Lipinski definition) is 4. The summed E-state index contributed by atoms with van der Waals surface area (Å²) >= 11 is 6.61. The number of nitrogens with one attached hydrogen (secondary N) is 4. The molecule has 4 N–H and O–H groups in total. The van der Waals surface area contributed by atoms with Crippen molar-refractivity contribution in [3.05, 3.63) is 57.3 Å². The van der Waals surface area contributed by atoms with Crippen LogP contribution < -0.4 is 15.8 Å². The van der Waals surface area contributed by atoms with E-state index in [9.17, 15) is 4.79 Å². The Kier molecular flexibility index (Phi) is 4.96. The summed E-state index contributed by atoms with van der Waals surface area (Å²) in [6, 6.07) is 11.3. The maximum absolute atomic E-state index is 12.2. The van der Waals surface area contributed by atoms with Crippen LogP contribution in [0.3, 0.4) is 0 Å². The number of fused-ring (bicyclic) bond motifs is 2. The van der Waals surface area contributed by atoms with Crippen molar-refractivity contribution in [1.82, 2.24) is 30.4 Å². The minimum atomic E-state index is -0.227. The maximum Gasteiger partial charge on any atom is 0.271 e. The van der Waals surface area contributed by atoms with E-state index in [1.165, 1.54) is 0 Å². The molecule has 6 rings (SSSR count). The van der Waals surface area contributed by atoms with Crippen LogP contribution in [-0.2, 0) is 4.74 Å². The standard InChI is InChI=1S/C23H21ClN8O2/c1-12-19(26-21-13-4-2-3-5-17(13)28-30-21)25-20(27-22(12)32-6-8-34-9-7-32)14-10-15-18(11-16(14)24)29-31-23(15)33/h2-5,10-11H,6-9H2,1H3,(H2,29,31,33)(H2,25,26,27,28,30). The van der Waals surface area contributed by atoms with Gasteiger partial charge in [0, 0.05) is 29.6 Å². The summed E-state index contributed by atoms with van der Waals surface area (Å²) in [4.78, 5) is 24.1. The number of nitrogens with zero attached hydrogens (tertiary/aromatic N) is 4. The molecule has 0 bridgehead atoms. The molecule has 10 nitrogen and oxygen atoms in total. The summed E-state index contributed by atoms with van der Waals surface area (Å²) < 4.78 is 5.53. The molecule has 5 aromatic rings. The van der Waals surface area contributed by atoms with Crippen LogP contribution >= 0.6 is 11.6 Å². The van der Waals surface area contributed by atoms with Crippen molar-refractivity contribution < 1.29 is 4.74 Å². The van der Waals surface area contributed by atoms with Gasteiger partial charge in [0.05, 0.1) is 34.7 Å². The number of aromatic nitrogens is 6. The van der Waals surface area contributed by atoms with Gasteiger partial charge in [-0.25, -0.2) is 9.97 Å². The molecule has 0 atom stereocenters. The molecule has 0 radical (unpaired) electrons. The summed E-state index contributed by atoms with van der Waals surface area (Å²) in [5.74, 6) is 2.49. The number of halogens is 1. The quantitative estimate of drug-likeness (QED) is 0.311. The van der Waals surface area contributed by atoms with Crippen molar-refractivity contribution in [3.63, 3.8) is 0 Å². The third kappa shape index (κ3) is 3.47. The molecule has 4 heterocycles. The van der Waals surface area contributed by atoms with Crippen molar-refractivity contribution >= 4 is 50.9 Å². The Balaban J connectivity index is 1.52. The van der Waals surface area contributed by atoms with Crippen LogP contribution in [0.2, 0.25) is 5.02 Å². The van der Waals surface area contributed by atoms with Crippen LogP contribution in [0.25, 0.3) is 33.2 Å². The van der Waals surface area contributed by atoms with Crippen molar-refractivity contribution in [2.45, 2.75) is 6.92 Å². The van der Waals surface area contributed by atoms with E-state index < -0.39 is 0 Å². The van der Waals surface area contributed by atoms with Crippen LogP contribution in [-0.4, -0.2) is 56.7 Å². The van der Waals surface area contributed by atoms with Crippen LogP contribution in [0.1, 0.15) is 5.56 Å². The fourth-order valence-electron chi connectivity index (χ4n) is 4.23. The van der Waals surface area contributed by atoms with Gasteiger partial charge in [-0.3, -0.25) is 20.1 Å². The van der Waals surface area contributed by atoms with E-state index in [1.807, 2.05) is 31.2 Å². The van der Waals surface area contributed by atoms with E-state index in [1.54, 1.807) is 12.1 Å². The van der Waals surface area contributed by atoms with E-state index in [4.69, 9.17) is 26.3 Å². The van der Waals surface area contributed by atoms with E-state index in [-0.39, 0.29) is 5.56 Å². The van der Waals surface area contributed by atoms with Crippen LogP contribution in [0, 0.1) is 6.92 Å². The number of ether oxygens (including phenoxy) is 1. The molecular weight excluding hydrogens is 456 g/mol. The molecule has 1 aliphatic heterocycles. The number of benzene rings is 2. The second-order valence-electron chi connectivity index (χ2n) is 8.14. The summed E-state index contributed by atoms with van der Waals surface area (Å²) in [7, 11) is 0. The molecule has 0 unspecified atom stereocenters. The molecule has 34 heavy (non-hydrogen) atoms. The molecule has 1 saturated heterocycles. The number of morpholine rings is 1. The van der Waals surface area contributed by atoms with Gasteiger partial charge in [0.1, 0.15) is 11.6 Å². The van der Waals surface area contributed by atoms with Crippen LogP contribution in [0.5, 0.6) is 0 Å². The minimum Gasteiger partial charge on any atom is -0.378 e. The average molecular weight is 477 g/mol. The first-order valence-corrected chi connectivity index (χ1v) is 11.3. The summed E-state index contributed by atoms with van der Waals surface area (Å²) in [5.41, 5.74) is 2.78. The highest BCUT2D eigenvalue weighted by Gasteiger charge is 2.22. The lowest BCUT2D eigenvalue weighted by atomic mass is 10.1. The summed E-state index contributed by atoms with van der Waals surface area (Å²) in [6.07, 6.45) is 0. The Morgan fingerprint density at radius 1 is 1.03 bits per heavy atom. The Morgan fingerprint density at radius 2 is 1.85 bits per heavy atom. The second-order valence-corrected chi connectivity index (χ2v) is 8.55. The van der Waals surface area contributed by atoms with Crippen LogP contribution in [0.4, 0.5) is 17.5 Å². The van der Waals surface area contributed by atoms with Crippen LogP contribution in [0.15, 0.2) is 41.2 Å². The Morgan fingerprint density at radius 3 is 2.71 bits per heavy atom. The third-order valence-electron chi connectivity index (χ3n) is 6.04. The fraction of sp³-hybridized carbons (Fsp3) is 0.217. The highest BCUT2D eigenvalue weighted by Crippen LogP contribution is 2.34. The Hall–Kier alpha value is -3.89. The van der Waals surface area contributed by atoms with Gasteiger partial charge in [-0.2, -0.15) is 5.10 Å². The number of H-pyrrole nitrogens is 3. The second kappa shape index (κ2) is 8.15. The van der Waals surface area contributed by atoms with Crippen molar-refractivity contribution in [2.24, 2.45) is 0 Å². The van der Waals surface area contributed by atoms with E-state index in [0.717, 1.165) is 22.3 Å². The first-order chi connectivity index (χ1) is 16.6. The van der Waals surface area contributed by atoms with E-state index in [2.05, 4.69) is 30.6 Å². The summed E-state index contributed by atoms with van der Waals surface area (Å²) in [5, 5.41) is 18.1. The summed E-state index contributed by atoms with van der Waals surface area (Å²) in [6.45, 7) is 4.65. The van der Waals surface area contributed by atoms with E-state index in [0.29, 0.717) is 65.3 Å². The van der Waals surface area contributed by atoms with Gasteiger partial charge < -0.3 is 15.0 Å². The molecule has 0 aliphatic carbocycles. The van der Waals surface area contributed by atoms with Gasteiger partial charge in [0.15, 0.2) is 11.6 Å². The molecule has 1 fully saturated rings. The lowest BCUT2D eigenvalue weighted by Gasteiger charge is -2.30. The zero-order valence-corrected chi connectivity index (χ0v) is 19.0. The van der Waals surface area contributed by atoms with Crippen molar-refractivity contribution in [3.8, 4) is 11.4 Å². The van der Waals surface area contributed by atoms with Gasteiger partial charge in [-0.15, -0.1) is 0 Å². The number of aromatic amines is 3. The number of para-hydroxylation sites is 1. The average Bonchev–Trinajstić information content (AvgIpc) is 3.43. The maximum atomic E-state index is 12.2. The molecular formula is C23H21ClN8O2. The monoisotopic (exact) mass is 476 g/mol. The van der Waals surface area contributed by atoms with Gasteiger partial charge in [-0.1, -0.05) is 23.7 Å². The molecule has 0 spiro atoms. The van der Waals surface area contributed by atoms with Crippen molar-refractivity contribution in [2.75, 3.05) is 36.5 Å². The molecule has 1 aliphatic rings. The normalized spacial score (nSPS) is 14.2. The number of hydrogen-bond acceptors (Lipinski definition) is 7. The van der Waals surface area contributed by atoms with Gasteiger partial charge in [0.2, 0.25) is 0 Å². The zero-order valence-electron chi connectivity index (χ0n) is 18.3. The van der Waals surface area contributed by atoms with Gasteiger partial charge in [0.25, 0.3) is 5.56 Å². The fourth-order valence-corrected chi connectivity index (χ4v) is 4.48. The van der Waals surface area contributed by atoms with Gasteiger partial charge >= 0.3 is 0 Å². The third-order valence-corrected chi connectivity index (χ3v) is 6.35. The highest BCUT2D eigenvalue weighted by molar-refractivity contribution is 6.34. The highest BCUT2D eigenvalue weighted by atomic mass is 35.5. The lowest BCUT2D eigenvalue weighted by Crippen LogP contribution is -2.37. The molecule has 11 heteroatoms. The van der Waals surface area contributed by atoms with Crippen molar-refractivity contribution in [1.29, 1.82) is 0 Å². The van der Waals surface area contributed by atoms with Gasteiger partial charge in [-0.05, 0) is 31.2 Å². The Labute approximate surface area is 198 Å². The number of rotatable bonds is 4. The minimum absolute atomic E-state index is 0.227. The molecule has 0 saturated carbocycles.